The Morgan fingerprint density at radius 1 is 0.471 bits per heavy atom. The van der Waals surface area contributed by atoms with Gasteiger partial charge in [0.05, 0.1) is 5.69 Å². The van der Waals surface area contributed by atoms with Crippen LogP contribution in [-0.2, 0) is 35.6 Å². The van der Waals surface area contributed by atoms with Crippen molar-refractivity contribution in [3.05, 3.63) is 209 Å². The lowest BCUT2D eigenvalue weighted by molar-refractivity contribution is 0.392. The third-order valence-electron chi connectivity index (χ3n) is 15.3. The molecule has 8 aromatic rings. The van der Waals surface area contributed by atoms with E-state index >= 15 is 0 Å². The van der Waals surface area contributed by atoms with Crippen molar-refractivity contribution in [2.24, 2.45) is 5.41 Å². The predicted octanol–water partition coefficient (Wildman–Crippen LogP) is 15.8. The van der Waals surface area contributed by atoms with Gasteiger partial charge in [0.25, 0.3) is 6.71 Å². The maximum absolute atomic E-state index is 2.71. The molecule has 0 spiro atoms. The average Bonchev–Trinajstić information content (AvgIpc) is 3.64. The van der Waals surface area contributed by atoms with Crippen molar-refractivity contribution < 1.29 is 0 Å². The molecule has 0 atom stereocenters. The maximum atomic E-state index is 2.71. The summed E-state index contributed by atoms with van der Waals surface area (Å²) in [5.74, 6) is 0. The van der Waals surface area contributed by atoms with Crippen molar-refractivity contribution in [3.8, 4) is 11.1 Å². The number of benzene rings is 8. The average molecular weight is 914 g/mol. The van der Waals surface area contributed by atoms with Crippen LogP contribution in [0.5, 0.6) is 0 Å². The molecular formula is C66H68BN3. The maximum Gasteiger partial charge on any atom is 0.252 e. The predicted molar refractivity (Wildman–Crippen MR) is 302 cm³/mol. The van der Waals surface area contributed by atoms with E-state index in [0.717, 1.165) is 29.9 Å². The lowest BCUT2D eigenvalue weighted by Gasteiger charge is -2.45. The zero-order valence-corrected chi connectivity index (χ0v) is 43.3. The molecule has 0 saturated heterocycles. The second-order valence-corrected chi connectivity index (χ2v) is 24.3. The summed E-state index contributed by atoms with van der Waals surface area (Å²) in [6.07, 6.45) is 2.15. The Kier molecular flexibility index (Phi) is 10.9. The summed E-state index contributed by atoms with van der Waals surface area (Å²) in [5, 5.41) is 0. The highest BCUT2D eigenvalue weighted by Gasteiger charge is 2.45. The molecule has 8 aromatic carbocycles. The summed E-state index contributed by atoms with van der Waals surface area (Å²) in [6.45, 7) is 26.6. The van der Waals surface area contributed by atoms with Gasteiger partial charge in [-0.25, -0.2) is 0 Å². The summed E-state index contributed by atoms with van der Waals surface area (Å²) >= 11 is 0. The molecule has 0 fully saturated rings. The van der Waals surface area contributed by atoms with Crippen LogP contribution in [0.15, 0.2) is 176 Å². The quantitative estimate of drug-likeness (QED) is 0.148. The highest BCUT2D eigenvalue weighted by atomic mass is 15.2. The minimum atomic E-state index is -0.0361. The molecule has 0 amide bonds. The molecular weight excluding hydrogens is 846 g/mol. The lowest BCUT2D eigenvalue weighted by Crippen LogP contribution is -2.62. The van der Waals surface area contributed by atoms with Crippen LogP contribution in [-0.4, -0.2) is 6.71 Å². The Bertz CT molecular complexity index is 3220. The normalized spacial score (nSPS) is 14.8. The van der Waals surface area contributed by atoms with E-state index in [0.29, 0.717) is 6.54 Å². The Morgan fingerprint density at radius 2 is 0.986 bits per heavy atom. The third kappa shape index (κ3) is 8.13. The van der Waals surface area contributed by atoms with Crippen molar-refractivity contribution in [1.29, 1.82) is 0 Å². The fraction of sp³-hybridized carbons (Fsp3) is 0.273. The van der Waals surface area contributed by atoms with Gasteiger partial charge in [0.1, 0.15) is 0 Å². The fourth-order valence-electron chi connectivity index (χ4n) is 11.6. The van der Waals surface area contributed by atoms with Gasteiger partial charge in [0, 0.05) is 46.4 Å². The summed E-state index contributed by atoms with van der Waals surface area (Å²) in [4.78, 5) is 7.76. The molecule has 70 heavy (non-hydrogen) atoms. The van der Waals surface area contributed by atoms with Gasteiger partial charge in [-0.1, -0.05) is 191 Å². The van der Waals surface area contributed by atoms with Crippen LogP contribution in [0.3, 0.4) is 0 Å². The van der Waals surface area contributed by atoms with Gasteiger partial charge < -0.3 is 14.7 Å². The van der Waals surface area contributed by atoms with Crippen LogP contribution in [0, 0.1) is 5.41 Å². The second kappa shape index (κ2) is 16.7. The van der Waals surface area contributed by atoms with Crippen molar-refractivity contribution in [2.45, 2.75) is 112 Å². The van der Waals surface area contributed by atoms with E-state index in [9.17, 15) is 0 Å². The smallest absolute Gasteiger partial charge is 0.252 e. The molecule has 2 heterocycles. The van der Waals surface area contributed by atoms with Crippen molar-refractivity contribution in [1.82, 2.24) is 0 Å². The molecule has 2 aliphatic heterocycles. The standard InChI is InChI=1S/C66H68BN3/c1-63(2,3)48-29-32-53(33-30-48)70-58-34-31-50(65(7,8)9)38-57(58)67-56-35-46-41-66(10,11)42-47(46)36-59(56)68(43-45-27-28-49(64(4,5)6)37-55(45)44-21-15-12-16-22-44)60-39-54(40-61(70)62(60)67)69(51-23-17-13-18-24-51)52-25-19-14-20-26-52/h12-40H,41-43H2,1-11H3. The summed E-state index contributed by atoms with van der Waals surface area (Å²) in [5.41, 5.74) is 24.7. The van der Waals surface area contributed by atoms with E-state index < -0.39 is 0 Å². The summed E-state index contributed by atoms with van der Waals surface area (Å²) in [7, 11) is 0. The van der Waals surface area contributed by atoms with E-state index in [-0.39, 0.29) is 28.4 Å². The Morgan fingerprint density at radius 3 is 1.59 bits per heavy atom. The van der Waals surface area contributed by atoms with E-state index in [1.807, 2.05) is 0 Å². The lowest BCUT2D eigenvalue weighted by atomic mass is 9.33. The first-order valence-corrected chi connectivity index (χ1v) is 25.6. The zero-order chi connectivity index (χ0) is 48.9. The minimum Gasteiger partial charge on any atom is -0.338 e. The number of anilines is 8. The molecule has 0 radical (unpaired) electrons. The van der Waals surface area contributed by atoms with Crippen LogP contribution < -0.4 is 31.1 Å². The molecule has 0 unspecified atom stereocenters. The van der Waals surface area contributed by atoms with E-state index in [1.165, 1.54) is 89.3 Å². The molecule has 0 saturated carbocycles. The molecule has 0 bridgehead atoms. The molecule has 0 aromatic heterocycles. The van der Waals surface area contributed by atoms with Crippen LogP contribution in [0.1, 0.15) is 110 Å². The molecule has 11 rings (SSSR count). The number of rotatable bonds is 7. The first-order chi connectivity index (χ1) is 33.3. The monoisotopic (exact) mass is 914 g/mol. The van der Waals surface area contributed by atoms with E-state index in [4.69, 9.17) is 0 Å². The molecule has 350 valence electrons. The van der Waals surface area contributed by atoms with Gasteiger partial charge in [-0.05, 0) is 156 Å². The molecule has 0 N–H and O–H groups in total. The van der Waals surface area contributed by atoms with Gasteiger partial charge in [-0.15, -0.1) is 0 Å². The van der Waals surface area contributed by atoms with Crippen LogP contribution >= 0.6 is 0 Å². The van der Waals surface area contributed by atoms with Crippen LogP contribution in [0.2, 0.25) is 0 Å². The molecule has 4 heteroatoms. The number of nitrogens with zero attached hydrogens (tertiary/aromatic N) is 3. The van der Waals surface area contributed by atoms with Crippen LogP contribution in [0.4, 0.5) is 45.5 Å². The number of para-hydroxylation sites is 2. The first-order valence-electron chi connectivity index (χ1n) is 25.6. The topological polar surface area (TPSA) is 9.72 Å². The van der Waals surface area contributed by atoms with Gasteiger partial charge >= 0.3 is 0 Å². The summed E-state index contributed by atoms with van der Waals surface area (Å²) in [6, 6.07) is 67.3. The van der Waals surface area contributed by atoms with Gasteiger partial charge in [-0.3, -0.25) is 0 Å². The van der Waals surface area contributed by atoms with Crippen molar-refractivity contribution >= 4 is 68.6 Å². The number of fused-ring (bicyclic) bond motifs is 5. The SMILES string of the molecule is CC1(C)Cc2cc3c(cc2C1)N(Cc1ccc(C(C)(C)C)cc1-c1ccccc1)c1cc(N(c2ccccc2)c2ccccc2)cc2c1B3c1cc(C(C)(C)C)ccc1N2c1ccc(C(C)(C)C)cc1. The minimum absolute atomic E-state index is 0.0000551. The Balaban J connectivity index is 1.25. The number of hydrogen-bond donors (Lipinski definition) is 0. The Labute approximate surface area is 418 Å². The highest BCUT2D eigenvalue weighted by molar-refractivity contribution is 7.00. The van der Waals surface area contributed by atoms with Crippen LogP contribution in [0.25, 0.3) is 11.1 Å². The molecule has 1 aliphatic carbocycles. The molecule has 3 nitrogen and oxygen atoms in total. The highest BCUT2D eigenvalue weighted by Crippen LogP contribution is 2.49. The van der Waals surface area contributed by atoms with Crippen molar-refractivity contribution in [3.63, 3.8) is 0 Å². The van der Waals surface area contributed by atoms with Gasteiger partial charge in [0.2, 0.25) is 0 Å². The largest absolute Gasteiger partial charge is 0.338 e. The van der Waals surface area contributed by atoms with E-state index in [2.05, 4.69) is 267 Å². The van der Waals surface area contributed by atoms with Gasteiger partial charge in [-0.2, -0.15) is 0 Å². The van der Waals surface area contributed by atoms with Crippen molar-refractivity contribution in [2.75, 3.05) is 14.7 Å². The fourth-order valence-corrected chi connectivity index (χ4v) is 11.6. The first kappa shape index (κ1) is 45.7. The zero-order valence-electron chi connectivity index (χ0n) is 43.3. The molecule has 3 aliphatic rings. The summed E-state index contributed by atoms with van der Waals surface area (Å²) < 4.78 is 0. The van der Waals surface area contributed by atoms with E-state index in [1.54, 1.807) is 0 Å². The Hall–Kier alpha value is -6.78. The second-order valence-electron chi connectivity index (χ2n) is 24.3. The van der Waals surface area contributed by atoms with Gasteiger partial charge in [0.15, 0.2) is 0 Å². The number of hydrogen-bond acceptors (Lipinski definition) is 3. The third-order valence-corrected chi connectivity index (χ3v) is 15.3.